The number of aryl methyl sites for hydroxylation is 1. The zero-order chi connectivity index (χ0) is 13.2. The highest BCUT2D eigenvalue weighted by molar-refractivity contribution is 7.03. The Kier molecular flexibility index (Phi) is 2.96. The van der Waals surface area contributed by atoms with E-state index >= 15 is 0 Å². The molecule has 6 nitrogen and oxygen atoms in total. The molecule has 0 aliphatic rings. The molecule has 2 aromatic heterocycles. The van der Waals surface area contributed by atoms with Gasteiger partial charge >= 0.3 is 0 Å². The number of amides is 1. The van der Waals surface area contributed by atoms with Crippen LogP contribution in [-0.2, 0) is 6.54 Å². The molecule has 1 N–H and O–H groups in total. The van der Waals surface area contributed by atoms with Crippen LogP contribution >= 0.6 is 11.5 Å². The summed E-state index contributed by atoms with van der Waals surface area (Å²) in [4.78, 5) is 16.4. The summed E-state index contributed by atoms with van der Waals surface area (Å²) >= 11 is 1.14. The first-order valence-corrected chi connectivity index (χ1v) is 6.67. The van der Waals surface area contributed by atoms with Crippen LogP contribution in [0.1, 0.15) is 17.4 Å². The Morgan fingerprint density at radius 3 is 3.00 bits per heavy atom. The molecule has 7 heteroatoms. The van der Waals surface area contributed by atoms with Gasteiger partial charge in [0.25, 0.3) is 5.91 Å². The van der Waals surface area contributed by atoms with E-state index in [4.69, 9.17) is 0 Å². The Labute approximate surface area is 113 Å². The highest BCUT2D eigenvalue weighted by atomic mass is 32.1. The Morgan fingerprint density at radius 1 is 1.42 bits per heavy atom. The number of rotatable bonds is 3. The van der Waals surface area contributed by atoms with Crippen LogP contribution in [0.4, 0.5) is 5.95 Å². The third-order valence-electron chi connectivity index (χ3n) is 2.79. The first-order valence-electron chi connectivity index (χ1n) is 5.83. The highest BCUT2D eigenvalue weighted by Gasteiger charge is 2.14. The van der Waals surface area contributed by atoms with Crippen LogP contribution in [0, 0.1) is 0 Å². The molecule has 3 rings (SSSR count). The van der Waals surface area contributed by atoms with Crippen molar-refractivity contribution in [3.63, 3.8) is 0 Å². The summed E-state index contributed by atoms with van der Waals surface area (Å²) < 4.78 is 5.63. The quantitative estimate of drug-likeness (QED) is 0.793. The summed E-state index contributed by atoms with van der Waals surface area (Å²) in [5, 5.41) is 8.12. The predicted molar refractivity (Wildman–Crippen MR) is 73.3 cm³/mol. The van der Waals surface area contributed by atoms with Crippen LogP contribution in [0.25, 0.3) is 11.0 Å². The van der Waals surface area contributed by atoms with Gasteiger partial charge in [0, 0.05) is 11.9 Å². The molecule has 3 aromatic rings. The van der Waals surface area contributed by atoms with Gasteiger partial charge in [-0.15, -0.1) is 5.10 Å². The molecule has 1 amide bonds. The minimum atomic E-state index is -0.293. The number of carbonyl (C=O) groups excluding carboxylic acids is 1. The van der Waals surface area contributed by atoms with Crippen molar-refractivity contribution in [3.05, 3.63) is 35.3 Å². The Bertz CT molecular complexity index is 719. The van der Waals surface area contributed by atoms with Crippen LogP contribution in [0.2, 0.25) is 0 Å². The van der Waals surface area contributed by atoms with Gasteiger partial charge in [-0.1, -0.05) is 16.6 Å². The van der Waals surface area contributed by atoms with Crippen molar-refractivity contribution < 1.29 is 4.79 Å². The first kappa shape index (κ1) is 11.8. The average Bonchev–Trinajstić information content (AvgIpc) is 3.05. The van der Waals surface area contributed by atoms with E-state index in [0.717, 1.165) is 29.1 Å². The van der Waals surface area contributed by atoms with E-state index in [1.165, 1.54) is 0 Å². The molecule has 0 bridgehead atoms. The molecular formula is C12H11N5OS. The number of fused-ring (bicyclic) bond motifs is 1. The standard InChI is InChI=1S/C12H11N5OS/c1-2-17-10-6-4-3-5-8(10)13-12(17)14-11(18)9-7-19-16-15-9/h3-7H,2H2,1H3,(H,13,14,18). The van der Waals surface area contributed by atoms with E-state index in [1.54, 1.807) is 5.38 Å². The number of para-hydroxylation sites is 2. The number of aromatic nitrogens is 4. The fourth-order valence-electron chi connectivity index (χ4n) is 1.92. The highest BCUT2D eigenvalue weighted by Crippen LogP contribution is 2.19. The van der Waals surface area contributed by atoms with Gasteiger partial charge in [-0.3, -0.25) is 10.1 Å². The summed E-state index contributed by atoms with van der Waals surface area (Å²) in [6.45, 7) is 2.74. The SMILES string of the molecule is CCn1c(NC(=O)c2csnn2)nc2ccccc21. The minimum Gasteiger partial charge on any atom is -0.310 e. The van der Waals surface area contributed by atoms with Crippen LogP contribution in [0.5, 0.6) is 0 Å². The number of benzene rings is 1. The number of carbonyl (C=O) groups is 1. The number of nitrogens with one attached hydrogen (secondary N) is 1. The van der Waals surface area contributed by atoms with Crippen molar-refractivity contribution >= 4 is 34.4 Å². The third-order valence-corrected chi connectivity index (χ3v) is 3.29. The van der Waals surface area contributed by atoms with E-state index in [1.807, 2.05) is 35.8 Å². The molecule has 0 saturated heterocycles. The molecule has 19 heavy (non-hydrogen) atoms. The van der Waals surface area contributed by atoms with Crippen molar-refractivity contribution in [2.24, 2.45) is 0 Å². The smallest absolute Gasteiger partial charge is 0.279 e. The summed E-state index contributed by atoms with van der Waals surface area (Å²) in [6.07, 6.45) is 0. The monoisotopic (exact) mass is 273 g/mol. The van der Waals surface area contributed by atoms with E-state index in [9.17, 15) is 4.79 Å². The number of anilines is 1. The lowest BCUT2D eigenvalue weighted by molar-refractivity contribution is 0.102. The number of nitrogens with zero attached hydrogens (tertiary/aromatic N) is 4. The van der Waals surface area contributed by atoms with Gasteiger partial charge in [-0.05, 0) is 30.6 Å². The van der Waals surface area contributed by atoms with Crippen LogP contribution in [0.15, 0.2) is 29.6 Å². The molecule has 0 saturated carbocycles. The second kappa shape index (κ2) is 4.77. The van der Waals surface area contributed by atoms with E-state index < -0.39 is 0 Å². The summed E-state index contributed by atoms with van der Waals surface area (Å²) in [7, 11) is 0. The molecule has 0 atom stereocenters. The normalized spacial score (nSPS) is 10.8. The third kappa shape index (κ3) is 2.08. The number of imidazole rings is 1. The second-order valence-electron chi connectivity index (χ2n) is 3.91. The molecule has 1 aromatic carbocycles. The largest absolute Gasteiger partial charge is 0.310 e. The second-order valence-corrected chi connectivity index (χ2v) is 4.52. The Morgan fingerprint density at radius 2 is 2.26 bits per heavy atom. The maximum Gasteiger partial charge on any atom is 0.279 e. The lowest BCUT2D eigenvalue weighted by atomic mass is 10.3. The zero-order valence-electron chi connectivity index (χ0n) is 10.2. The summed E-state index contributed by atoms with van der Waals surface area (Å²) in [5.41, 5.74) is 2.16. The maximum atomic E-state index is 12.0. The number of hydrogen-bond acceptors (Lipinski definition) is 5. The molecule has 2 heterocycles. The predicted octanol–water partition coefficient (Wildman–Crippen LogP) is 2.16. The topological polar surface area (TPSA) is 72.7 Å². The molecule has 96 valence electrons. The van der Waals surface area contributed by atoms with Crippen molar-refractivity contribution in [2.75, 3.05) is 5.32 Å². The van der Waals surface area contributed by atoms with Gasteiger partial charge in [-0.2, -0.15) is 0 Å². The Balaban J connectivity index is 1.99. The molecular weight excluding hydrogens is 262 g/mol. The van der Waals surface area contributed by atoms with Gasteiger partial charge in [0.1, 0.15) is 0 Å². The molecule has 0 aliphatic carbocycles. The number of hydrogen-bond donors (Lipinski definition) is 1. The lowest BCUT2D eigenvalue weighted by Crippen LogP contribution is -2.16. The lowest BCUT2D eigenvalue weighted by Gasteiger charge is -2.05. The van der Waals surface area contributed by atoms with Gasteiger partial charge in [0.05, 0.1) is 11.0 Å². The molecule has 0 fully saturated rings. The zero-order valence-corrected chi connectivity index (χ0v) is 11.0. The molecule has 0 unspecified atom stereocenters. The summed E-state index contributed by atoms with van der Waals surface area (Å²) in [5.74, 6) is 0.237. The average molecular weight is 273 g/mol. The fourth-order valence-corrected chi connectivity index (χ4v) is 2.36. The fraction of sp³-hybridized carbons (Fsp3) is 0.167. The van der Waals surface area contributed by atoms with Crippen LogP contribution in [-0.4, -0.2) is 25.0 Å². The molecule has 0 radical (unpaired) electrons. The van der Waals surface area contributed by atoms with E-state index in [2.05, 4.69) is 19.9 Å². The first-order chi connectivity index (χ1) is 9.29. The van der Waals surface area contributed by atoms with Crippen molar-refractivity contribution in [1.29, 1.82) is 0 Å². The van der Waals surface area contributed by atoms with Crippen LogP contribution < -0.4 is 5.32 Å². The van der Waals surface area contributed by atoms with Crippen LogP contribution in [0.3, 0.4) is 0 Å². The van der Waals surface area contributed by atoms with E-state index in [0.29, 0.717) is 11.6 Å². The summed E-state index contributed by atoms with van der Waals surface area (Å²) in [6, 6.07) is 7.77. The van der Waals surface area contributed by atoms with Crippen molar-refractivity contribution in [1.82, 2.24) is 19.1 Å². The molecule has 0 aliphatic heterocycles. The van der Waals surface area contributed by atoms with Gasteiger partial charge < -0.3 is 4.57 Å². The Hall–Kier alpha value is -2.28. The van der Waals surface area contributed by atoms with Gasteiger partial charge in [0.2, 0.25) is 5.95 Å². The van der Waals surface area contributed by atoms with Gasteiger partial charge in [0.15, 0.2) is 5.69 Å². The van der Waals surface area contributed by atoms with Gasteiger partial charge in [-0.25, -0.2) is 4.98 Å². The maximum absolute atomic E-state index is 12.0. The van der Waals surface area contributed by atoms with E-state index in [-0.39, 0.29) is 5.91 Å². The van der Waals surface area contributed by atoms with Crippen molar-refractivity contribution in [3.8, 4) is 0 Å². The minimum absolute atomic E-state index is 0.293. The van der Waals surface area contributed by atoms with Crippen molar-refractivity contribution in [2.45, 2.75) is 13.5 Å². The molecule has 0 spiro atoms.